The summed E-state index contributed by atoms with van der Waals surface area (Å²) < 4.78 is 7.71. The van der Waals surface area contributed by atoms with Crippen molar-refractivity contribution in [1.82, 2.24) is 9.78 Å². The fourth-order valence-electron chi connectivity index (χ4n) is 1.66. The number of methoxy groups -OCH3 is 1. The molecule has 0 spiro atoms. The van der Waals surface area contributed by atoms with Gasteiger partial charge in [0.15, 0.2) is 0 Å². The Morgan fingerprint density at radius 2 is 2.47 bits per heavy atom. The average Bonchev–Trinajstić information content (AvgIpc) is 3.00. The first kappa shape index (κ1) is 11.1. The Kier molecular flexibility index (Phi) is 3.43. The van der Waals surface area contributed by atoms with Crippen molar-refractivity contribution >= 4 is 15.9 Å². The van der Waals surface area contributed by atoms with E-state index in [1.54, 1.807) is 13.3 Å². The molecule has 84 valence electrons. The molecule has 1 heterocycles. The highest BCUT2D eigenvalue weighted by atomic mass is 79.9. The lowest BCUT2D eigenvalue weighted by molar-refractivity contribution is 0.134. The second-order valence-corrected chi connectivity index (χ2v) is 4.73. The van der Waals surface area contributed by atoms with Crippen molar-refractivity contribution < 1.29 is 9.84 Å². The first-order chi connectivity index (χ1) is 7.24. The van der Waals surface area contributed by atoms with E-state index in [4.69, 9.17) is 4.74 Å². The third-order valence-corrected chi connectivity index (χ3v) is 3.30. The van der Waals surface area contributed by atoms with E-state index in [2.05, 4.69) is 21.0 Å². The SMILES string of the molecule is COCCn1ncc(Br)c1C(O)C1CC1. The van der Waals surface area contributed by atoms with Crippen molar-refractivity contribution in [2.75, 3.05) is 13.7 Å². The number of hydrogen-bond donors (Lipinski definition) is 1. The minimum absolute atomic E-state index is 0.390. The summed E-state index contributed by atoms with van der Waals surface area (Å²) in [5.41, 5.74) is 0.884. The van der Waals surface area contributed by atoms with E-state index in [0.717, 1.165) is 23.0 Å². The molecule has 4 nitrogen and oxygen atoms in total. The first-order valence-corrected chi connectivity index (χ1v) is 5.91. The summed E-state index contributed by atoms with van der Waals surface area (Å²) in [7, 11) is 1.66. The smallest absolute Gasteiger partial charge is 0.0996 e. The molecule has 0 bridgehead atoms. The molecule has 1 aromatic rings. The third kappa shape index (κ3) is 2.41. The van der Waals surface area contributed by atoms with E-state index in [9.17, 15) is 5.11 Å². The van der Waals surface area contributed by atoms with Gasteiger partial charge in [-0.2, -0.15) is 5.10 Å². The molecule has 1 N–H and O–H groups in total. The highest BCUT2D eigenvalue weighted by Gasteiger charge is 2.34. The van der Waals surface area contributed by atoms with Crippen LogP contribution in [0.15, 0.2) is 10.7 Å². The van der Waals surface area contributed by atoms with Gasteiger partial charge in [0.2, 0.25) is 0 Å². The second-order valence-electron chi connectivity index (χ2n) is 3.88. The number of hydrogen-bond acceptors (Lipinski definition) is 3. The predicted molar refractivity (Wildman–Crippen MR) is 59.5 cm³/mol. The number of halogens is 1. The van der Waals surface area contributed by atoms with Crippen molar-refractivity contribution in [3.05, 3.63) is 16.4 Å². The zero-order chi connectivity index (χ0) is 10.8. The summed E-state index contributed by atoms with van der Waals surface area (Å²) in [5, 5.41) is 14.3. The standard InChI is InChI=1S/C10H15BrN2O2/c1-15-5-4-13-9(8(11)6-12-13)10(14)7-2-3-7/h6-7,10,14H,2-5H2,1H3. The van der Waals surface area contributed by atoms with E-state index in [1.807, 2.05) is 4.68 Å². The molecular formula is C10H15BrN2O2. The van der Waals surface area contributed by atoms with Crippen LogP contribution in [0.2, 0.25) is 0 Å². The summed E-state index contributed by atoms with van der Waals surface area (Å²) in [6.07, 6.45) is 3.57. The van der Waals surface area contributed by atoms with Crippen molar-refractivity contribution in [1.29, 1.82) is 0 Å². The molecule has 1 saturated carbocycles. The number of nitrogens with zero attached hydrogens (tertiary/aromatic N) is 2. The van der Waals surface area contributed by atoms with Gasteiger partial charge in [-0.3, -0.25) is 4.68 Å². The van der Waals surface area contributed by atoms with Gasteiger partial charge in [-0.15, -0.1) is 0 Å². The molecule has 1 atom stereocenters. The third-order valence-electron chi connectivity index (χ3n) is 2.69. The Labute approximate surface area is 97.4 Å². The number of aliphatic hydroxyl groups is 1. The molecule has 1 unspecified atom stereocenters. The molecular weight excluding hydrogens is 260 g/mol. The monoisotopic (exact) mass is 274 g/mol. The minimum atomic E-state index is -0.390. The molecule has 0 aliphatic heterocycles. The van der Waals surface area contributed by atoms with E-state index >= 15 is 0 Å². The Bertz CT molecular complexity index is 336. The fraction of sp³-hybridized carbons (Fsp3) is 0.700. The first-order valence-electron chi connectivity index (χ1n) is 5.12. The summed E-state index contributed by atoms with van der Waals surface area (Å²) in [4.78, 5) is 0. The Balaban J connectivity index is 2.15. The average molecular weight is 275 g/mol. The Morgan fingerprint density at radius 1 is 1.73 bits per heavy atom. The van der Waals surface area contributed by atoms with Crippen LogP contribution in [0.1, 0.15) is 24.6 Å². The zero-order valence-electron chi connectivity index (χ0n) is 8.69. The molecule has 1 fully saturated rings. The van der Waals surface area contributed by atoms with Crippen LogP contribution in [0.5, 0.6) is 0 Å². The summed E-state index contributed by atoms with van der Waals surface area (Å²) >= 11 is 3.42. The molecule has 1 aliphatic rings. The van der Waals surface area contributed by atoms with Gasteiger partial charge in [-0.25, -0.2) is 0 Å². The van der Waals surface area contributed by atoms with E-state index in [1.165, 1.54) is 0 Å². The summed E-state index contributed by atoms with van der Waals surface area (Å²) in [6, 6.07) is 0. The number of aliphatic hydroxyl groups excluding tert-OH is 1. The molecule has 15 heavy (non-hydrogen) atoms. The number of rotatable bonds is 5. The maximum Gasteiger partial charge on any atom is 0.0996 e. The highest BCUT2D eigenvalue weighted by molar-refractivity contribution is 9.10. The molecule has 5 heteroatoms. The lowest BCUT2D eigenvalue weighted by atomic mass is 10.1. The van der Waals surface area contributed by atoms with E-state index < -0.39 is 6.10 Å². The maximum absolute atomic E-state index is 10.1. The van der Waals surface area contributed by atoms with Crippen LogP contribution in [0.25, 0.3) is 0 Å². The summed E-state index contributed by atoms with van der Waals surface area (Å²) in [5.74, 6) is 0.416. The van der Waals surface area contributed by atoms with Crippen LogP contribution < -0.4 is 0 Å². The van der Waals surface area contributed by atoms with E-state index in [0.29, 0.717) is 19.1 Å². The lowest BCUT2D eigenvalue weighted by Crippen LogP contribution is -2.13. The van der Waals surface area contributed by atoms with Gasteiger partial charge >= 0.3 is 0 Å². The molecule has 0 aromatic carbocycles. The molecule has 0 amide bonds. The minimum Gasteiger partial charge on any atom is -0.386 e. The van der Waals surface area contributed by atoms with Crippen LogP contribution in [-0.4, -0.2) is 28.6 Å². The predicted octanol–water partition coefficient (Wildman–Crippen LogP) is 1.74. The molecule has 0 radical (unpaired) electrons. The van der Waals surface area contributed by atoms with Gasteiger partial charge in [0.05, 0.1) is 35.6 Å². The van der Waals surface area contributed by atoms with Crippen LogP contribution in [0, 0.1) is 5.92 Å². The van der Waals surface area contributed by atoms with E-state index in [-0.39, 0.29) is 0 Å². The van der Waals surface area contributed by atoms with Gasteiger partial charge in [0.1, 0.15) is 0 Å². The second kappa shape index (κ2) is 4.63. The topological polar surface area (TPSA) is 47.3 Å². The van der Waals surface area contributed by atoms with Crippen molar-refractivity contribution in [3.63, 3.8) is 0 Å². The van der Waals surface area contributed by atoms with Gasteiger partial charge in [-0.1, -0.05) is 0 Å². The zero-order valence-corrected chi connectivity index (χ0v) is 10.3. The van der Waals surface area contributed by atoms with Gasteiger partial charge in [0.25, 0.3) is 0 Å². The van der Waals surface area contributed by atoms with Crippen LogP contribution in [-0.2, 0) is 11.3 Å². The molecule has 1 aliphatic carbocycles. The van der Waals surface area contributed by atoms with Crippen LogP contribution >= 0.6 is 15.9 Å². The quantitative estimate of drug-likeness (QED) is 0.890. The van der Waals surface area contributed by atoms with Crippen molar-refractivity contribution in [2.24, 2.45) is 5.92 Å². The lowest BCUT2D eigenvalue weighted by Gasteiger charge is -2.13. The molecule has 0 saturated heterocycles. The number of ether oxygens (including phenoxy) is 1. The largest absolute Gasteiger partial charge is 0.386 e. The van der Waals surface area contributed by atoms with Gasteiger partial charge < -0.3 is 9.84 Å². The van der Waals surface area contributed by atoms with Gasteiger partial charge in [-0.05, 0) is 34.7 Å². The Morgan fingerprint density at radius 3 is 3.07 bits per heavy atom. The normalized spacial score (nSPS) is 18.1. The molecule has 2 rings (SSSR count). The number of aromatic nitrogens is 2. The van der Waals surface area contributed by atoms with Gasteiger partial charge in [0, 0.05) is 7.11 Å². The highest BCUT2D eigenvalue weighted by Crippen LogP contribution is 2.42. The molecule has 1 aromatic heterocycles. The fourth-order valence-corrected chi connectivity index (χ4v) is 2.19. The van der Waals surface area contributed by atoms with Crippen LogP contribution in [0.4, 0.5) is 0 Å². The van der Waals surface area contributed by atoms with Crippen molar-refractivity contribution in [2.45, 2.75) is 25.5 Å². The van der Waals surface area contributed by atoms with Crippen molar-refractivity contribution in [3.8, 4) is 0 Å². The summed E-state index contributed by atoms with van der Waals surface area (Å²) in [6.45, 7) is 1.29. The maximum atomic E-state index is 10.1. The van der Waals surface area contributed by atoms with Crippen LogP contribution in [0.3, 0.4) is 0 Å². The Hall–Kier alpha value is -0.390.